The molecule has 50 valence electrons. The van der Waals surface area contributed by atoms with Crippen LogP contribution in [0.15, 0.2) is 0 Å². The van der Waals surface area contributed by atoms with Crippen molar-refractivity contribution in [1.29, 1.82) is 0 Å². The van der Waals surface area contributed by atoms with Gasteiger partial charge in [-0.25, -0.2) is 0 Å². The van der Waals surface area contributed by atoms with E-state index in [-0.39, 0.29) is 0 Å². The minimum atomic E-state index is 1.06. The number of nitrogens with zero attached hydrogens (tertiary/aromatic N) is 1. The van der Waals surface area contributed by atoms with Gasteiger partial charge in [0.25, 0.3) is 0 Å². The molecule has 0 bridgehead atoms. The number of quaternary nitrogens is 1. The first-order chi connectivity index (χ1) is 3.62. The third-order valence-corrected chi connectivity index (χ3v) is 2.51. The van der Waals surface area contributed by atoms with Crippen LogP contribution in [0.25, 0.3) is 0 Å². The molecular formula is C6H15BrN+. The first-order valence-electron chi connectivity index (χ1n) is 3.00. The number of hydrogen-bond acceptors (Lipinski definition) is 0. The van der Waals surface area contributed by atoms with E-state index in [4.69, 9.17) is 0 Å². The lowest BCUT2D eigenvalue weighted by Gasteiger charge is -2.26. The van der Waals surface area contributed by atoms with Gasteiger partial charge in [0.05, 0.1) is 20.6 Å². The Morgan fingerprint density at radius 3 is 2.00 bits per heavy atom. The molecule has 0 saturated heterocycles. The zero-order valence-electron chi connectivity index (χ0n) is 5.95. The summed E-state index contributed by atoms with van der Waals surface area (Å²) in [7, 11) is 4.44. The largest absolute Gasteiger partial charge is 0.320 e. The molecule has 0 rings (SSSR count). The van der Waals surface area contributed by atoms with Gasteiger partial charge in [0.1, 0.15) is 5.45 Å². The Bertz CT molecular complexity index is 61.5. The van der Waals surface area contributed by atoms with Crippen LogP contribution in [0.3, 0.4) is 0 Å². The van der Waals surface area contributed by atoms with Crippen LogP contribution in [0.5, 0.6) is 0 Å². The van der Waals surface area contributed by atoms with Crippen LogP contribution in [0.4, 0.5) is 0 Å². The smallest absolute Gasteiger partial charge is 0.133 e. The molecule has 0 saturated carbocycles. The summed E-state index contributed by atoms with van der Waals surface area (Å²) in [4.78, 5) is 0. The molecule has 0 radical (unpaired) electrons. The highest BCUT2D eigenvalue weighted by molar-refractivity contribution is 9.09. The number of hydrogen-bond donors (Lipinski definition) is 0. The van der Waals surface area contributed by atoms with Crippen LogP contribution < -0.4 is 0 Å². The topological polar surface area (TPSA) is 0 Å². The van der Waals surface area contributed by atoms with Crippen molar-refractivity contribution >= 4 is 15.9 Å². The third kappa shape index (κ3) is 3.44. The first-order valence-corrected chi connectivity index (χ1v) is 4.12. The van der Waals surface area contributed by atoms with Gasteiger partial charge >= 0.3 is 0 Å². The molecule has 0 aromatic heterocycles. The van der Waals surface area contributed by atoms with Crippen LogP contribution >= 0.6 is 15.9 Å². The monoisotopic (exact) mass is 180 g/mol. The highest BCUT2D eigenvalue weighted by Crippen LogP contribution is 2.01. The fourth-order valence-corrected chi connectivity index (χ4v) is 0.916. The normalized spacial score (nSPS) is 12.0. The second kappa shape index (κ2) is 3.46. The van der Waals surface area contributed by atoms with Gasteiger partial charge in [0.2, 0.25) is 0 Å². The van der Waals surface area contributed by atoms with E-state index < -0.39 is 0 Å². The summed E-state index contributed by atoms with van der Waals surface area (Å²) in [5.41, 5.74) is 1.06. The molecule has 0 unspecified atom stereocenters. The van der Waals surface area contributed by atoms with E-state index in [1.54, 1.807) is 0 Å². The lowest BCUT2D eigenvalue weighted by atomic mass is 10.4. The van der Waals surface area contributed by atoms with Crippen molar-refractivity contribution in [2.24, 2.45) is 0 Å². The van der Waals surface area contributed by atoms with Gasteiger partial charge in [-0.1, -0.05) is 6.92 Å². The molecule has 0 aromatic rings. The van der Waals surface area contributed by atoms with Gasteiger partial charge in [-0.3, -0.25) is 0 Å². The predicted molar refractivity (Wildman–Crippen MR) is 41.1 cm³/mol. The first kappa shape index (κ1) is 8.44. The molecule has 2 heteroatoms. The summed E-state index contributed by atoms with van der Waals surface area (Å²) in [6, 6.07) is 0. The van der Waals surface area contributed by atoms with E-state index in [9.17, 15) is 0 Å². The standard InChI is InChI=1S/C6H15BrN/c1-4-5-8(2,3)6-7/h4-6H2,1-3H3/q+1. The lowest BCUT2D eigenvalue weighted by molar-refractivity contribution is -0.876. The fourth-order valence-electron chi connectivity index (χ4n) is 0.665. The summed E-state index contributed by atoms with van der Waals surface area (Å²) in [6.07, 6.45) is 1.26. The maximum Gasteiger partial charge on any atom is 0.133 e. The van der Waals surface area contributed by atoms with Crippen LogP contribution in [-0.4, -0.2) is 30.6 Å². The summed E-state index contributed by atoms with van der Waals surface area (Å²) < 4.78 is 1.08. The molecule has 0 spiro atoms. The van der Waals surface area contributed by atoms with E-state index in [1.807, 2.05) is 0 Å². The average Bonchev–Trinajstić information content (AvgIpc) is 1.67. The average molecular weight is 181 g/mol. The Balaban J connectivity index is 3.37. The molecule has 0 aliphatic rings. The van der Waals surface area contributed by atoms with Crippen LogP contribution in [0.2, 0.25) is 0 Å². The van der Waals surface area contributed by atoms with Gasteiger partial charge in [-0.15, -0.1) is 0 Å². The van der Waals surface area contributed by atoms with Gasteiger partial charge in [0.15, 0.2) is 0 Å². The Morgan fingerprint density at radius 2 is 1.88 bits per heavy atom. The summed E-state index contributed by atoms with van der Waals surface area (Å²) in [5.74, 6) is 0. The molecule has 0 N–H and O–H groups in total. The van der Waals surface area contributed by atoms with Crippen molar-refractivity contribution in [2.45, 2.75) is 13.3 Å². The Kier molecular flexibility index (Phi) is 3.65. The molecule has 8 heavy (non-hydrogen) atoms. The van der Waals surface area contributed by atoms with Crippen molar-refractivity contribution in [3.05, 3.63) is 0 Å². The SMILES string of the molecule is CCC[N+](C)(C)CBr. The van der Waals surface area contributed by atoms with Crippen molar-refractivity contribution in [3.8, 4) is 0 Å². The Morgan fingerprint density at radius 1 is 1.38 bits per heavy atom. The van der Waals surface area contributed by atoms with Gasteiger partial charge in [-0.05, 0) is 22.4 Å². The molecule has 0 fully saturated rings. The van der Waals surface area contributed by atoms with Crippen molar-refractivity contribution in [3.63, 3.8) is 0 Å². The number of halogens is 1. The molecule has 0 amide bonds. The zero-order valence-corrected chi connectivity index (χ0v) is 7.53. The quantitative estimate of drug-likeness (QED) is 0.354. The van der Waals surface area contributed by atoms with E-state index in [1.165, 1.54) is 13.0 Å². The van der Waals surface area contributed by atoms with Crippen molar-refractivity contribution in [2.75, 3.05) is 26.1 Å². The summed E-state index contributed by atoms with van der Waals surface area (Å²) >= 11 is 3.44. The molecule has 0 heterocycles. The molecule has 1 nitrogen and oxygen atoms in total. The van der Waals surface area contributed by atoms with Crippen molar-refractivity contribution < 1.29 is 4.48 Å². The van der Waals surface area contributed by atoms with Crippen molar-refractivity contribution in [1.82, 2.24) is 0 Å². The van der Waals surface area contributed by atoms with Crippen LogP contribution in [0.1, 0.15) is 13.3 Å². The van der Waals surface area contributed by atoms with Gasteiger partial charge in [0, 0.05) is 0 Å². The number of rotatable bonds is 3. The van der Waals surface area contributed by atoms with Crippen LogP contribution in [0, 0.1) is 0 Å². The minimum Gasteiger partial charge on any atom is -0.320 e. The maximum atomic E-state index is 3.44. The Hall–Kier alpha value is 0.440. The lowest BCUT2D eigenvalue weighted by Crippen LogP contribution is -2.38. The summed E-state index contributed by atoms with van der Waals surface area (Å²) in [6.45, 7) is 3.47. The molecule has 0 aromatic carbocycles. The van der Waals surface area contributed by atoms with E-state index >= 15 is 0 Å². The predicted octanol–water partition coefficient (Wildman–Crippen LogP) is 1.83. The highest BCUT2D eigenvalue weighted by Gasteiger charge is 2.08. The number of alkyl halides is 1. The minimum absolute atomic E-state index is 1.06. The molecule has 0 aliphatic heterocycles. The summed E-state index contributed by atoms with van der Waals surface area (Å²) in [5, 5.41) is 0. The third-order valence-electron chi connectivity index (χ3n) is 1.15. The molecule has 0 atom stereocenters. The van der Waals surface area contributed by atoms with E-state index in [2.05, 4.69) is 36.9 Å². The Labute approximate surface area is 60.4 Å². The highest BCUT2D eigenvalue weighted by atomic mass is 79.9. The molecular weight excluding hydrogens is 166 g/mol. The van der Waals surface area contributed by atoms with Crippen LogP contribution in [-0.2, 0) is 0 Å². The maximum absolute atomic E-state index is 3.44. The van der Waals surface area contributed by atoms with Gasteiger partial charge < -0.3 is 4.48 Å². The van der Waals surface area contributed by atoms with E-state index in [0.29, 0.717) is 0 Å². The zero-order chi connectivity index (χ0) is 6.62. The second-order valence-electron chi connectivity index (χ2n) is 2.78. The van der Waals surface area contributed by atoms with E-state index in [0.717, 1.165) is 9.94 Å². The molecule has 0 aliphatic carbocycles. The second-order valence-corrected chi connectivity index (χ2v) is 3.28. The fraction of sp³-hybridized carbons (Fsp3) is 1.00. The van der Waals surface area contributed by atoms with Gasteiger partial charge in [-0.2, -0.15) is 0 Å².